The lowest BCUT2D eigenvalue weighted by Gasteiger charge is -2.16. The van der Waals surface area contributed by atoms with Crippen LogP contribution in [0.25, 0.3) is 11.0 Å². The van der Waals surface area contributed by atoms with Crippen molar-refractivity contribution in [2.24, 2.45) is 0 Å². The van der Waals surface area contributed by atoms with Crippen LogP contribution in [-0.2, 0) is 11.3 Å². The Morgan fingerprint density at radius 1 is 1.16 bits per heavy atom. The van der Waals surface area contributed by atoms with Crippen LogP contribution in [0.5, 0.6) is 0 Å². The summed E-state index contributed by atoms with van der Waals surface area (Å²) in [6, 6.07) is 16.5. The average Bonchev–Trinajstić information content (AvgIpc) is 2.96. The Morgan fingerprint density at radius 3 is 2.60 bits per heavy atom. The number of benzene rings is 2. The Bertz CT molecular complexity index is 864. The summed E-state index contributed by atoms with van der Waals surface area (Å²) >= 11 is 0. The first-order valence-electron chi connectivity index (χ1n) is 8.88. The number of imidazole rings is 1. The number of nitrogens with zero attached hydrogens (tertiary/aromatic N) is 2. The molecule has 0 bridgehead atoms. The van der Waals surface area contributed by atoms with Gasteiger partial charge in [-0.3, -0.25) is 4.79 Å². The second-order valence-corrected chi connectivity index (χ2v) is 6.57. The first kappa shape index (κ1) is 17.2. The number of fused-ring (bicyclic) bond motifs is 1. The maximum Gasteiger partial charge on any atom is 0.220 e. The van der Waals surface area contributed by atoms with E-state index in [0.29, 0.717) is 6.42 Å². The molecule has 4 nitrogen and oxygen atoms in total. The highest BCUT2D eigenvalue weighted by Gasteiger charge is 2.18. The molecule has 1 heterocycles. The number of amides is 1. The van der Waals surface area contributed by atoms with E-state index in [1.807, 2.05) is 32.0 Å². The van der Waals surface area contributed by atoms with Gasteiger partial charge < -0.3 is 9.88 Å². The highest BCUT2D eigenvalue weighted by atomic mass is 16.1. The monoisotopic (exact) mass is 335 g/mol. The predicted molar refractivity (Wildman–Crippen MR) is 101 cm³/mol. The summed E-state index contributed by atoms with van der Waals surface area (Å²) in [5.41, 5.74) is 4.53. The third kappa shape index (κ3) is 3.90. The predicted octanol–water partition coefficient (Wildman–Crippen LogP) is 4.37. The van der Waals surface area contributed by atoms with Gasteiger partial charge in [0.2, 0.25) is 5.91 Å². The van der Waals surface area contributed by atoms with Gasteiger partial charge in [0.25, 0.3) is 0 Å². The van der Waals surface area contributed by atoms with Crippen LogP contribution in [0.4, 0.5) is 0 Å². The molecule has 0 fully saturated rings. The van der Waals surface area contributed by atoms with Gasteiger partial charge in [0.05, 0.1) is 17.1 Å². The molecule has 0 saturated heterocycles. The maximum atomic E-state index is 12.0. The van der Waals surface area contributed by atoms with Gasteiger partial charge in [-0.25, -0.2) is 4.98 Å². The molecule has 1 atom stereocenters. The van der Waals surface area contributed by atoms with E-state index in [9.17, 15) is 4.79 Å². The Kier molecular flexibility index (Phi) is 5.17. The number of aryl methyl sites for hydroxylation is 1. The van der Waals surface area contributed by atoms with Crippen molar-refractivity contribution in [3.05, 3.63) is 65.5 Å². The number of nitrogens with one attached hydrogen (secondary N) is 1. The molecular formula is C21H25N3O. The first-order chi connectivity index (χ1) is 12.1. The third-order valence-electron chi connectivity index (χ3n) is 4.39. The van der Waals surface area contributed by atoms with E-state index in [-0.39, 0.29) is 11.9 Å². The molecule has 0 unspecified atom stereocenters. The smallest absolute Gasteiger partial charge is 0.220 e. The van der Waals surface area contributed by atoms with Crippen molar-refractivity contribution < 1.29 is 4.79 Å². The minimum Gasteiger partial charge on any atom is -0.346 e. The molecule has 4 heteroatoms. The molecule has 0 aliphatic rings. The van der Waals surface area contributed by atoms with Crippen LogP contribution in [0.3, 0.4) is 0 Å². The molecule has 0 radical (unpaired) electrons. The highest BCUT2D eigenvalue weighted by molar-refractivity contribution is 5.78. The summed E-state index contributed by atoms with van der Waals surface area (Å²) in [5.74, 6) is 0.968. The Morgan fingerprint density at radius 2 is 1.88 bits per heavy atom. The molecule has 2 aromatic carbocycles. The SMILES string of the molecule is CCCC(=O)N[C@H](C)c1nc2ccccc2n1Cc1ccc(C)cc1. The summed E-state index contributed by atoms with van der Waals surface area (Å²) in [4.78, 5) is 16.8. The van der Waals surface area contributed by atoms with Crippen molar-refractivity contribution in [2.45, 2.75) is 46.2 Å². The molecule has 1 amide bonds. The second-order valence-electron chi connectivity index (χ2n) is 6.57. The van der Waals surface area contributed by atoms with Crippen LogP contribution in [0.1, 0.15) is 49.7 Å². The normalized spacial score (nSPS) is 12.3. The van der Waals surface area contributed by atoms with Crippen LogP contribution < -0.4 is 5.32 Å². The number of hydrogen-bond donors (Lipinski definition) is 1. The van der Waals surface area contributed by atoms with Crippen molar-refractivity contribution >= 4 is 16.9 Å². The summed E-state index contributed by atoms with van der Waals surface area (Å²) < 4.78 is 2.21. The Hall–Kier alpha value is -2.62. The van der Waals surface area contributed by atoms with Crippen molar-refractivity contribution in [2.75, 3.05) is 0 Å². The van der Waals surface area contributed by atoms with Crippen LogP contribution in [0.2, 0.25) is 0 Å². The number of carbonyl (C=O) groups is 1. The van der Waals surface area contributed by atoms with Gasteiger partial charge in [-0.05, 0) is 38.0 Å². The molecule has 0 aliphatic carbocycles. The first-order valence-corrected chi connectivity index (χ1v) is 8.88. The van der Waals surface area contributed by atoms with E-state index in [1.54, 1.807) is 0 Å². The van der Waals surface area contributed by atoms with Gasteiger partial charge in [0.1, 0.15) is 5.82 Å². The fourth-order valence-corrected chi connectivity index (χ4v) is 3.07. The second kappa shape index (κ2) is 7.51. The standard InChI is InChI=1S/C21H25N3O/c1-4-7-20(25)22-16(3)21-23-18-8-5-6-9-19(18)24(21)14-17-12-10-15(2)11-13-17/h5-6,8-13,16H,4,7,14H2,1-3H3,(H,22,25)/t16-/m1/s1. The molecule has 0 saturated carbocycles. The quantitative estimate of drug-likeness (QED) is 0.727. The number of carbonyl (C=O) groups excluding carboxylic acids is 1. The van der Waals surface area contributed by atoms with Gasteiger partial charge in [-0.1, -0.05) is 48.9 Å². The van der Waals surface area contributed by atoms with E-state index in [0.717, 1.165) is 29.8 Å². The van der Waals surface area contributed by atoms with Crippen molar-refractivity contribution in [3.63, 3.8) is 0 Å². The van der Waals surface area contributed by atoms with Crippen LogP contribution >= 0.6 is 0 Å². The Balaban J connectivity index is 1.96. The molecule has 0 spiro atoms. The zero-order valence-electron chi connectivity index (χ0n) is 15.1. The topological polar surface area (TPSA) is 46.9 Å². The number of para-hydroxylation sites is 2. The molecule has 130 valence electrons. The molecule has 25 heavy (non-hydrogen) atoms. The fraction of sp³-hybridized carbons (Fsp3) is 0.333. The lowest BCUT2D eigenvalue weighted by atomic mass is 10.1. The zero-order chi connectivity index (χ0) is 17.8. The third-order valence-corrected chi connectivity index (χ3v) is 4.39. The van der Waals surface area contributed by atoms with E-state index in [4.69, 9.17) is 4.98 Å². The van der Waals surface area contributed by atoms with Gasteiger partial charge in [-0.15, -0.1) is 0 Å². The number of hydrogen-bond acceptors (Lipinski definition) is 2. The lowest BCUT2D eigenvalue weighted by molar-refractivity contribution is -0.121. The molecular weight excluding hydrogens is 310 g/mol. The summed E-state index contributed by atoms with van der Waals surface area (Å²) in [6.07, 6.45) is 1.39. The summed E-state index contributed by atoms with van der Waals surface area (Å²) in [5, 5.41) is 3.07. The van der Waals surface area contributed by atoms with Crippen LogP contribution in [0, 0.1) is 6.92 Å². The number of rotatable bonds is 6. The zero-order valence-corrected chi connectivity index (χ0v) is 15.1. The van der Waals surface area contributed by atoms with Gasteiger partial charge >= 0.3 is 0 Å². The van der Waals surface area contributed by atoms with E-state index in [2.05, 4.69) is 47.1 Å². The molecule has 3 aromatic rings. The molecule has 1 N–H and O–H groups in total. The van der Waals surface area contributed by atoms with E-state index < -0.39 is 0 Å². The lowest BCUT2D eigenvalue weighted by Crippen LogP contribution is -2.28. The minimum atomic E-state index is -0.128. The van der Waals surface area contributed by atoms with Gasteiger partial charge in [-0.2, -0.15) is 0 Å². The molecule has 0 aliphatic heterocycles. The molecule has 1 aromatic heterocycles. The van der Waals surface area contributed by atoms with Gasteiger partial charge in [0.15, 0.2) is 0 Å². The van der Waals surface area contributed by atoms with Crippen molar-refractivity contribution in [1.82, 2.24) is 14.9 Å². The fourth-order valence-electron chi connectivity index (χ4n) is 3.07. The van der Waals surface area contributed by atoms with Crippen LogP contribution in [-0.4, -0.2) is 15.5 Å². The molecule has 3 rings (SSSR count). The number of aromatic nitrogens is 2. The largest absolute Gasteiger partial charge is 0.346 e. The summed E-state index contributed by atoms with van der Waals surface area (Å²) in [6.45, 7) is 6.84. The van der Waals surface area contributed by atoms with Crippen LogP contribution in [0.15, 0.2) is 48.5 Å². The van der Waals surface area contributed by atoms with E-state index >= 15 is 0 Å². The van der Waals surface area contributed by atoms with Crippen molar-refractivity contribution in [1.29, 1.82) is 0 Å². The highest BCUT2D eigenvalue weighted by Crippen LogP contribution is 2.22. The minimum absolute atomic E-state index is 0.0731. The maximum absolute atomic E-state index is 12.0. The average molecular weight is 335 g/mol. The summed E-state index contributed by atoms with van der Waals surface area (Å²) in [7, 11) is 0. The van der Waals surface area contributed by atoms with E-state index in [1.165, 1.54) is 11.1 Å². The van der Waals surface area contributed by atoms with Gasteiger partial charge in [0, 0.05) is 13.0 Å². The van der Waals surface area contributed by atoms with Crippen molar-refractivity contribution in [3.8, 4) is 0 Å². The Labute approximate surface area is 148 Å².